The van der Waals surface area contributed by atoms with Gasteiger partial charge >= 0.3 is 5.97 Å². The number of benzene rings is 5. The third-order valence-electron chi connectivity index (χ3n) is 8.91. The van der Waals surface area contributed by atoms with E-state index in [1.165, 1.54) is 6.92 Å². The highest BCUT2D eigenvalue weighted by molar-refractivity contribution is 6.13. The molecule has 288 valence electrons. The molecule has 5 aromatic rings. The van der Waals surface area contributed by atoms with Gasteiger partial charge in [0.1, 0.15) is 29.8 Å². The normalized spacial score (nSPS) is 13.2. The fourth-order valence-electron chi connectivity index (χ4n) is 6.12. The number of ether oxygens (including phenoxy) is 1. The van der Waals surface area contributed by atoms with Gasteiger partial charge < -0.3 is 20.7 Å². The predicted molar refractivity (Wildman–Crippen MR) is 220 cm³/mol. The zero-order chi connectivity index (χ0) is 39.9. The molecule has 5 aromatic carbocycles. The number of esters is 1. The molecular formula is C47H50N4O5. The molecule has 0 bridgehead atoms. The highest BCUT2D eigenvalue weighted by atomic mass is 16.6. The van der Waals surface area contributed by atoms with Crippen molar-refractivity contribution in [1.29, 1.82) is 0 Å². The Kier molecular flexibility index (Phi) is 14.5. The molecule has 0 aromatic heterocycles. The van der Waals surface area contributed by atoms with E-state index < -0.39 is 53.5 Å². The van der Waals surface area contributed by atoms with Gasteiger partial charge in [-0.05, 0) is 44.4 Å². The van der Waals surface area contributed by atoms with Crippen LogP contribution in [0.15, 0.2) is 157 Å². The number of carbonyl (C=O) groups excluding carboxylic acids is 4. The zero-order valence-corrected chi connectivity index (χ0v) is 32.4. The van der Waals surface area contributed by atoms with E-state index in [1.807, 2.05) is 152 Å². The summed E-state index contributed by atoms with van der Waals surface area (Å²) in [5.41, 5.74) is 4.12. The molecule has 56 heavy (non-hydrogen) atoms. The number of amides is 3. The minimum atomic E-state index is -1.06. The van der Waals surface area contributed by atoms with Crippen molar-refractivity contribution in [3.63, 3.8) is 0 Å². The SMILES string of the molecule is C[C@@H](NC(=O)[C@@H](Cc1ccccc1)NC(=O)[C@@H](Cc1ccccc1)N=C(c1ccccc1)c1ccccc1)C(=O)N[C@@H](Cc1ccccc1)C(=O)OC(C)(C)C. The maximum absolute atomic E-state index is 14.4. The molecule has 0 spiro atoms. The molecule has 0 heterocycles. The van der Waals surface area contributed by atoms with Crippen LogP contribution in [0.3, 0.4) is 0 Å². The molecule has 4 atom stereocenters. The van der Waals surface area contributed by atoms with Crippen molar-refractivity contribution >= 4 is 29.4 Å². The summed E-state index contributed by atoms with van der Waals surface area (Å²) in [6, 6.07) is 43.6. The number of hydrogen-bond acceptors (Lipinski definition) is 6. The lowest BCUT2D eigenvalue weighted by Gasteiger charge is -2.26. The molecule has 0 aliphatic heterocycles. The van der Waals surface area contributed by atoms with Gasteiger partial charge in [-0.1, -0.05) is 152 Å². The van der Waals surface area contributed by atoms with Crippen LogP contribution >= 0.6 is 0 Å². The summed E-state index contributed by atoms with van der Waals surface area (Å²) in [7, 11) is 0. The number of rotatable bonds is 16. The first-order valence-corrected chi connectivity index (χ1v) is 18.9. The lowest BCUT2D eigenvalue weighted by Crippen LogP contribution is -2.56. The van der Waals surface area contributed by atoms with Crippen molar-refractivity contribution in [3.8, 4) is 0 Å². The third-order valence-corrected chi connectivity index (χ3v) is 8.91. The van der Waals surface area contributed by atoms with E-state index >= 15 is 0 Å². The van der Waals surface area contributed by atoms with Crippen LogP contribution in [-0.2, 0) is 43.2 Å². The van der Waals surface area contributed by atoms with Gasteiger partial charge in [0.15, 0.2) is 0 Å². The molecule has 0 saturated carbocycles. The van der Waals surface area contributed by atoms with E-state index in [-0.39, 0.29) is 19.3 Å². The van der Waals surface area contributed by atoms with Crippen molar-refractivity contribution in [2.75, 3.05) is 0 Å². The van der Waals surface area contributed by atoms with E-state index in [0.717, 1.165) is 27.8 Å². The number of hydrogen-bond donors (Lipinski definition) is 3. The Labute approximate surface area is 329 Å². The van der Waals surface area contributed by atoms with Crippen molar-refractivity contribution in [3.05, 3.63) is 179 Å². The van der Waals surface area contributed by atoms with Gasteiger partial charge in [0.25, 0.3) is 0 Å². The Morgan fingerprint density at radius 1 is 0.518 bits per heavy atom. The molecule has 3 N–H and O–H groups in total. The van der Waals surface area contributed by atoms with Crippen molar-refractivity contribution in [1.82, 2.24) is 16.0 Å². The van der Waals surface area contributed by atoms with E-state index in [1.54, 1.807) is 20.8 Å². The molecule has 0 saturated heterocycles. The Hall–Kier alpha value is -6.35. The summed E-state index contributed by atoms with van der Waals surface area (Å²) in [5.74, 6) is -2.16. The van der Waals surface area contributed by atoms with Crippen molar-refractivity contribution in [2.45, 2.75) is 76.7 Å². The highest BCUT2D eigenvalue weighted by Crippen LogP contribution is 2.17. The lowest BCUT2D eigenvalue weighted by atomic mass is 9.99. The molecule has 5 rings (SSSR count). The highest BCUT2D eigenvalue weighted by Gasteiger charge is 2.31. The van der Waals surface area contributed by atoms with E-state index in [9.17, 15) is 19.2 Å². The molecule has 0 aliphatic rings. The van der Waals surface area contributed by atoms with Gasteiger partial charge in [0.2, 0.25) is 17.7 Å². The van der Waals surface area contributed by atoms with E-state index in [0.29, 0.717) is 5.71 Å². The average Bonchev–Trinajstić information content (AvgIpc) is 3.20. The third kappa shape index (κ3) is 12.6. The Morgan fingerprint density at radius 3 is 1.36 bits per heavy atom. The van der Waals surface area contributed by atoms with Gasteiger partial charge in [0.05, 0.1) is 5.71 Å². The molecule has 9 nitrogen and oxygen atoms in total. The second-order valence-electron chi connectivity index (χ2n) is 14.7. The summed E-state index contributed by atoms with van der Waals surface area (Å²) in [6.07, 6.45) is 0.640. The van der Waals surface area contributed by atoms with Crippen LogP contribution in [0.2, 0.25) is 0 Å². The molecule has 0 radical (unpaired) electrons. The monoisotopic (exact) mass is 750 g/mol. The summed E-state index contributed by atoms with van der Waals surface area (Å²) in [5, 5.41) is 8.57. The van der Waals surface area contributed by atoms with Crippen LogP contribution in [0.1, 0.15) is 55.5 Å². The summed E-state index contributed by atoms with van der Waals surface area (Å²) >= 11 is 0. The van der Waals surface area contributed by atoms with Crippen LogP contribution in [0.4, 0.5) is 0 Å². The predicted octanol–water partition coefficient (Wildman–Crippen LogP) is 6.44. The van der Waals surface area contributed by atoms with E-state index in [4.69, 9.17) is 9.73 Å². The van der Waals surface area contributed by atoms with Crippen molar-refractivity contribution < 1.29 is 23.9 Å². The standard InChI is InChI=1S/C47H50N4O5/c1-33(43(52)51-41(46(55)56-47(2,3)4)32-36-24-14-7-15-25-36)48-44(53)40(31-35-22-12-6-13-23-35)50-45(54)39(30-34-20-10-5-11-21-34)49-42(37-26-16-8-17-27-37)38-28-18-9-19-29-38/h5-29,33,39-41H,30-32H2,1-4H3,(H,48,53)(H,50,54)(H,51,52)/t33-,39-,40-,41+/m1/s1. The van der Waals surface area contributed by atoms with Gasteiger partial charge in [0, 0.05) is 30.4 Å². The molecular weight excluding hydrogens is 701 g/mol. The maximum Gasteiger partial charge on any atom is 0.329 e. The van der Waals surface area contributed by atoms with Crippen LogP contribution < -0.4 is 16.0 Å². The fraction of sp³-hybridized carbons (Fsp3) is 0.255. The Balaban J connectivity index is 1.40. The topological polar surface area (TPSA) is 126 Å². The van der Waals surface area contributed by atoms with Gasteiger partial charge in [-0.25, -0.2) is 4.79 Å². The number of aliphatic imine (C=N–C) groups is 1. The van der Waals surface area contributed by atoms with Crippen LogP contribution in [-0.4, -0.2) is 59.2 Å². The summed E-state index contributed by atoms with van der Waals surface area (Å²) in [4.78, 5) is 60.5. The summed E-state index contributed by atoms with van der Waals surface area (Å²) < 4.78 is 5.63. The first-order chi connectivity index (χ1) is 26.9. The van der Waals surface area contributed by atoms with Gasteiger partial charge in [-0.15, -0.1) is 0 Å². The van der Waals surface area contributed by atoms with E-state index in [2.05, 4.69) is 16.0 Å². The Bertz CT molecular complexity index is 2010. The van der Waals surface area contributed by atoms with Crippen LogP contribution in [0.25, 0.3) is 0 Å². The van der Waals surface area contributed by atoms with Crippen LogP contribution in [0.5, 0.6) is 0 Å². The molecule has 0 fully saturated rings. The van der Waals surface area contributed by atoms with Gasteiger partial charge in [-0.3, -0.25) is 19.4 Å². The lowest BCUT2D eigenvalue weighted by molar-refractivity contribution is -0.158. The minimum absolute atomic E-state index is 0.160. The molecule has 0 aliphatic carbocycles. The first-order valence-electron chi connectivity index (χ1n) is 18.9. The molecule has 0 unspecified atom stereocenters. The first kappa shape index (κ1) is 40.8. The number of carbonyl (C=O) groups is 4. The largest absolute Gasteiger partial charge is 0.458 e. The number of nitrogens with one attached hydrogen (secondary N) is 3. The maximum atomic E-state index is 14.4. The second-order valence-corrected chi connectivity index (χ2v) is 14.7. The van der Waals surface area contributed by atoms with Crippen LogP contribution in [0, 0.1) is 0 Å². The second kappa shape index (κ2) is 19.8. The summed E-state index contributed by atoms with van der Waals surface area (Å²) in [6.45, 7) is 6.82. The van der Waals surface area contributed by atoms with Crippen molar-refractivity contribution in [2.24, 2.45) is 4.99 Å². The molecule has 3 amide bonds. The zero-order valence-electron chi connectivity index (χ0n) is 32.4. The smallest absolute Gasteiger partial charge is 0.329 e. The molecule has 9 heteroatoms. The minimum Gasteiger partial charge on any atom is -0.458 e. The Morgan fingerprint density at radius 2 is 0.911 bits per heavy atom. The number of nitrogens with zero attached hydrogens (tertiary/aromatic N) is 1. The van der Waals surface area contributed by atoms with Gasteiger partial charge in [-0.2, -0.15) is 0 Å². The average molecular weight is 751 g/mol. The fourth-order valence-corrected chi connectivity index (χ4v) is 6.12. The quantitative estimate of drug-likeness (QED) is 0.0792.